The van der Waals surface area contributed by atoms with Crippen molar-refractivity contribution in [3.8, 4) is 0 Å². The summed E-state index contributed by atoms with van der Waals surface area (Å²) in [5.74, 6) is 0. The van der Waals surface area contributed by atoms with Gasteiger partial charge in [-0.05, 0) is 39.2 Å². The molecule has 0 aromatic heterocycles. The van der Waals surface area contributed by atoms with Gasteiger partial charge in [0.05, 0.1) is 0 Å². The Morgan fingerprint density at radius 2 is 1.76 bits per heavy atom. The lowest BCUT2D eigenvalue weighted by Crippen LogP contribution is -2.57. The first-order chi connectivity index (χ1) is 8.20. The van der Waals surface area contributed by atoms with E-state index in [2.05, 4.69) is 25.7 Å². The molecule has 1 saturated heterocycles. The van der Waals surface area contributed by atoms with Gasteiger partial charge in [-0.2, -0.15) is 0 Å². The lowest BCUT2D eigenvalue weighted by atomic mass is 9.85. The summed E-state index contributed by atoms with van der Waals surface area (Å²) < 4.78 is 0. The fraction of sp³-hybridized carbons (Fsp3) is 1.00. The smallest absolute Gasteiger partial charge is 0.0334 e. The number of hydrogen-bond acceptors (Lipinski definition) is 2. The summed E-state index contributed by atoms with van der Waals surface area (Å²) in [7, 11) is 0. The lowest BCUT2D eigenvalue weighted by molar-refractivity contribution is 0.0409. The van der Waals surface area contributed by atoms with Crippen LogP contribution in [-0.2, 0) is 0 Å². The Morgan fingerprint density at radius 1 is 1.12 bits per heavy atom. The number of likely N-dealkylation sites (tertiary alicyclic amines) is 1. The second kappa shape index (κ2) is 7.38. The van der Waals surface area contributed by atoms with Crippen LogP contribution in [0.1, 0.15) is 72.1 Å². The van der Waals surface area contributed by atoms with E-state index in [0.717, 1.165) is 12.6 Å². The van der Waals surface area contributed by atoms with Gasteiger partial charge in [0.2, 0.25) is 0 Å². The van der Waals surface area contributed by atoms with Crippen LogP contribution in [0.3, 0.4) is 0 Å². The predicted octanol–water partition coefficient (Wildman–Crippen LogP) is 3.55. The van der Waals surface area contributed by atoms with E-state index in [0.29, 0.717) is 0 Å². The molecule has 1 aliphatic heterocycles. The van der Waals surface area contributed by atoms with Crippen molar-refractivity contribution in [2.75, 3.05) is 13.1 Å². The van der Waals surface area contributed by atoms with Gasteiger partial charge in [-0.3, -0.25) is 4.90 Å². The predicted molar refractivity (Wildman–Crippen MR) is 76.2 cm³/mol. The zero-order chi connectivity index (χ0) is 12.7. The van der Waals surface area contributed by atoms with E-state index >= 15 is 0 Å². The van der Waals surface area contributed by atoms with Crippen molar-refractivity contribution in [2.45, 2.75) is 83.7 Å². The number of nitrogens with two attached hydrogens (primary N) is 1. The standard InChI is InChI=1S/C15H32N2/c1-4-10-15(13-16,11-5-2)17-12-8-6-7-9-14(17)3/h14H,4-13,16H2,1-3H3. The summed E-state index contributed by atoms with van der Waals surface area (Å²) in [5.41, 5.74) is 6.47. The Labute approximate surface area is 108 Å². The number of hydrogen-bond donors (Lipinski definition) is 1. The summed E-state index contributed by atoms with van der Waals surface area (Å²) in [6.45, 7) is 9.09. The second-order valence-corrected chi connectivity index (χ2v) is 5.82. The van der Waals surface area contributed by atoms with Gasteiger partial charge >= 0.3 is 0 Å². The topological polar surface area (TPSA) is 29.3 Å². The van der Waals surface area contributed by atoms with Crippen molar-refractivity contribution in [1.29, 1.82) is 0 Å². The second-order valence-electron chi connectivity index (χ2n) is 5.82. The van der Waals surface area contributed by atoms with Crippen molar-refractivity contribution in [3.63, 3.8) is 0 Å². The van der Waals surface area contributed by atoms with E-state index < -0.39 is 0 Å². The third-order valence-electron chi connectivity index (χ3n) is 4.47. The van der Waals surface area contributed by atoms with E-state index in [1.807, 2.05) is 0 Å². The molecule has 17 heavy (non-hydrogen) atoms. The molecule has 0 bridgehead atoms. The molecule has 102 valence electrons. The van der Waals surface area contributed by atoms with Gasteiger partial charge in [0, 0.05) is 18.1 Å². The quantitative estimate of drug-likeness (QED) is 0.769. The molecule has 1 unspecified atom stereocenters. The maximum atomic E-state index is 6.18. The van der Waals surface area contributed by atoms with Crippen molar-refractivity contribution in [1.82, 2.24) is 4.90 Å². The first-order valence-electron chi connectivity index (χ1n) is 7.67. The molecular formula is C15H32N2. The molecule has 0 aliphatic carbocycles. The van der Waals surface area contributed by atoms with E-state index in [4.69, 9.17) is 5.73 Å². The highest BCUT2D eigenvalue weighted by Crippen LogP contribution is 2.32. The Bertz CT molecular complexity index is 197. The van der Waals surface area contributed by atoms with Gasteiger partial charge in [-0.25, -0.2) is 0 Å². The normalized spacial score (nSPS) is 23.6. The number of nitrogens with zero attached hydrogens (tertiary/aromatic N) is 1. The molecule has 1 rings (SSSR count). The van der Waals surface area contributed by atoms with Gasteiger partial charge in [-0.1, -0.05) is 39.5 Å². The average molecular weight is 240 g/mol. The van der Waals surface area contributed by atoms with Crippen molar-refractivity contribution < 1.29 is 0 Å². The van der Waals surface area contributed by atoms with Crippen LogP contribution in [-0.4, -0.2) is 29.6 Å². The van der Waals surface area contributed by atoms with Crippen LogP contribution >= 0.6 is 0 Å². The van der Waals surface area contributed by atoms with Crippen LogP contribution in [0.5, 0.6) is 0 Å². The summed E-state index contributed by atoms with van der Waals surface area (Å²) in [6, 6.07) is 0.721. The molecule has 2 N–H and O–H groups in total. The Balaban J connectivity index is 2.84. The first-order valence-corrected chi connectivity index (χ1v) is 7.67. The van der Waals surface area contributed by atoms with Crippen LogP contribution in [0.25, 0.3) is 0 Å². The molecule has 1 fully saturated rings. The van der Waals surface area contributed by atoms with Crippen LogP contribution in [0.15, 0.2) is 0 Å². The molecule has 1 atom stereocenters. The lowest BCUT2D eigenvalue weighted by Gasteiger charge is -2.46. The molecule has 0 saturated carbocycles. The molecule has 0 aromatic rings. The Hall–Kier alpha value is -0.0800. The Kier molecular flexibility index (Phi) is 6.50. The average Bonchev–Trinajstić information content (AvgIpc) is 2.54. The third-order valence-corrected chi connectivity index (χ3v) is 4.47. The van der Waals surface area contributed by atoms with Crippen LogP contribution in [0.2, 0.25) is 0 Å². The van der Waals surface area contributed by atoms with Gasteiger partial charge in [-0.15, -0.1) is 0 Å². The molecule has 0 aromatic carbocycles. The van der Waals surface area contributed by atoms with Crippen LogP contribution in [0.4, 0.5) is 0 Å². The highest BCUT2D eigenvalue weighted by atomic mass is 15.2. The van der Waals surface area contributed by atoms with E-state index in [-0.39, 0.29) is 5.54 Å². The molecular weight excluding hydrogens is 208 g/mol. The minimum absolute atomic E-state index is 0.285. The SMILES string of the molecule is CCCC(CN)(CCC)N1CCCCCC1C. The van der Waals surface area contributed by atoms with Gasteiger partial charge in [0.15, 0.2) is 0 Å². The fourth-order valence-electron chi connectivity index (χ4n) is 3.64. The zero-order valence-corrected chi connectivity index (χ0v) is 12.2. The van der Waals surface area contributed by atoms with Crippen molar-refractivity contribution in [3.05, 3.63) is 0 Å². The largest absolute Gasteiger partial charge is 0.329 e. The van der Waals surface area contributed by atoms with Gasteiger partial charge in [0.25, 0.3) is 0 Å². The van der Waals surface area contributed by atoms with Gasteiger partial charge < -0.3 is 5.73 Å². The highest BCUT2D eigenvalue weighted by Gasteiger charge is 2.36. The van der Waals surface area contributed by atoms with Crippen molar-refractivity contribution >= 4 is 0 Å². The minimum atomic E-state index is 0.285. The van der Waals surface area contributed by atoms with Crippen molar-refractivity contribution in [2.24, 2.45) is 5.73 Å². The van der Waals surface area contributed by atoms with E-state index in [1.54, 1.807) is 0 Å². The maximum Gasteiger partial charge on any atom is 0.0334 e. The summed E-state index contributed by atoms with van der Waals surface area (Å²) >= 11 is 0. The Morgan fingerprint density at radius 3 is 2.29 bits per heavy atom. The maximum absolute atomic E-state index is 6.18. The molecule has 0 radical (unpaired) electrons. The summed E-state index contributed by atoms with van der Waals surface area (Å²) in [5, 5.41) is 0. The number of rotatable bonds is 6. The summed E-state index contributed by atoms with van der Waals surface area (Å²) in [6.07, 6.45) is 10.6. The fourth-order valence-corrected chi connectivity index (χ4v) is 3.64. The van der Waals surface area contributed by atoms with E-state index in [9.17, 15) is 0 Å². The van der Waals surface area contributed by atoms with Gasteiger partial charge in [0.1, 0.15) is 0 Å². The monoisotopic (exact) mass is 240 g/mol. The summed E-state index contributed by atoms with van der Waals surface area (Å²) in [4.78, 5) is 2.76. The third kappa shape index (κ3) is 3.69. The van der Waals surface area contributed by atoms with Crippen LogP contribution < -0.4 is 5.73 Å². The molecule has 1 aliphatic rings. The molecule has 2 heteroatoms. The minimum Gasteiger partial charge on any atom is -0.329 e. The first kappa shape index (κ1) is 15.0. The zero-order valence-electron chi connectivity index (χ0n) is 12.2. The molecule has 1 heterocycles. The molecule has 2 nitrogen and oxygen atoms in total. The highest BCUT2D eigenvalue weighted by molar-refractivity contribution is 4.94. The molecule has 0 spiro atoms. The molecule has 0 amide bonds. The van der Waals surface area contributed by atoms with Crippen LogP contribution in [0, 0.1) is 0 Å². The van der Waals surface area contributed by atoms with E-state index in [1.165, 1.54) is 57.9 Å².